The first kappa shape index (κ1) is 22.4. The third kappa shape index (κ3) is 4.27. The number of nitrogens with two attached hydrogens (primary N) is 1. The molecule has 2 heterocycles. The molecule has 1 aliphatic carbocycles. The fourth-order valence-corrected chi connectivity index (χ4v) is 5.53. The lowest BCUT2D eigenvalue weighted by atomic mass is 9.72. The van der Waals surface area contributed by atoms with Crippen LogP contribution in [-0.4, -0.2) is 26.5 Å². The highest BCUT2D eigenvalue weighted by molar-refractivity contribution is 9.10. The SMILES string of the molecule is Cc1c(Br)c([N+](=O)[O-])nn1CC(=O)Nc1sc2c(c1C(N)=O)CC[C@@H](C(C)(C)C)C2. The van der Waals surface area contributed by atoms with Gasteiger partial charge in [0.15, 0.2) is 0 Å². The van der Waals surface area contributed by atoms with E-state index in [0.29, 0.717) is 22.2 Å². The van der Waals surface area contributed by atoms with Gasteiger partial charge in [0, 0.05) is 4.88 Å². The highest BCUT2D eigenvalue weighted by atomic mass is 79.9. The summed E-state index contributed by atoms with van der Waals surface area (Å²) in [4.78, 5) is 36.3. The second-order valence-corrected chi connectivity index (χ2v) is 10.5. The molecule has 0 aliphatic heterocycles. The van der Waals surface area contributed by atoms with Crippen molar-refractivity contribution in [2.45, 2.75) is 53.5 Å². The Morgan fingerprint density at radius 2 is 2.10 bits per heavy atom. The standard InChI is InChI=1S/C19H24BrN5O4S/c1-9-15(20)17(25(28)29)23-24(9)8-13(26)22-18-14(16(21)27)11-6-5-10(19(2,3)4)7-12(11)30-18/h10H,5-8H2,1-4H3,(H2,21,27)(H,22,26)/t10-/m1/s1. The van der Waals surface area contributed by atoms with Crippen LogP contribution in [0.2, 0.25) is 0 Å². The lowest BCUT2D eigenvalue weighted by Crippen LogP contribution is -2.27. The number of fused-ring (bicyclic) bond motifs is 1. The molecule has 9 nitrogen and oxygen atoms in total. The molecule has 0 spiro atoms. The number of primary amides is 1. The van der Waals surface area contributed by atoms with E-state index in [2.05, 4.69) is 47.1 Å². The summed E-state index contributed by atoms with van der Waals surface area (Å²) in [6.07, 6.45) is 2.56. The Balaban J connectivity index is 1.84. The van der Waals surface area contributed by atoms with E-state index in [0.717, 1.165) is 29.7 Å². The summed E-state index contributed by atoms with van der Waals surface area (Å²) in [6.45, 7) is 8.03. The van der Waals surface area contributed by atoms with Crippen LogP contribution in [0.25, 0.3) is 0 Å². The quantitative estimate of drug-likeness (QED) is 0.478. The lowest BCUT2D eigenvalue weighted by Gasteiger charge is -2.33. The Hall–Kier alpha value is -2.27. The maximum absolute atomic E-state index is 12.6. The summed E-state index contributed by atoms with van der Waals surface area (Å²) in [7, 11) is 0. The van der Waals surface area contributed by atoms with E-state index in [1.807, 2.05) is 0 Å². The van der Waals surface area contributed by atoms with E-state index in [4.69, 9.17) is 5.73 Å². The van der Waals surface area contributed by atoms with E-state index >= 15 is 0 Å². The summed E-state index contributed by atoms with van der Waals surface area (Å²) in [5, 5.41) is 18.1. The van der Waals surface area contributed by atoms with E-state index < -0.39 is 16.7 Å². The van der Waals surface area contributed by atoms with Crippen molar-refractivity contribution < 1.29 is 14.5 Å². The number of hydrogen-bond donors (Lipinski definition) is 2. The minimum atomic E-state index is -0.615. The van der Waals surface area contributed by atoms with Crippen LogP contribution in [0.15, 0.2) is 4.47 Å². The van der Waals surface area contributed by atoms with E-state index in [-0.39, 0.29) is 22.3 Å². The Kier molecular flexibility index (Phi) is 6.06. The molecular weight excluding hydrogens is 474 g/mol. The number of anilines is 1. The van der Waals surface area contributed by atoms with E-state index in [1.54, 1.807) is 6.92 Å². The largest absolute Gasteiger partial charge is 0.404 e. The van der Waals surface area contributed by atoms with Gasteiger partial charge < -0.3 is 21.2 Å². The van der Waals surface area contributed by atoms with Gasteiger partial charge in [-0.1, -0.05) is 20.8 Å². The first-order chi connectivity index (χ1) is 13.9. The molecule has 2 amide bonds. The van der Waals surface area contributed by atoms with Gasteiger partial charge in [0.25, 0.3) is 5.91 Å². The van der Waals surface area contributed by atoms with Gasteiger partial charge in [0.1, 0.15) is 16.0 Å². The summed E-state index contributed by atoms with van der Waals surface area (Å²) < 4.78 is 1.49. The van der Waals surface area contributed by atoms with Crippen molar-refractivity contribution >= 4 is 49.9 Å². The summed E-state index contributed by atoms with van der Waals surface area (Å²) in [5.74, 6) is -0.863. The van der Waals surface area contributed by atoms with Gasteiger partial charge >= 0.3 is 5.82 Å². The molecule has 0 radical (unpaired) electrons. The average molecular weight is 498 g/mol. The van der Waals surface area contributed by atoms with Crippen LogP contribution in [0.4, 0.5) is 10.8 Å². The molecule has 2 aromatic rings. The van der Waals surface area contributed by atoms with Crippen molar-refractivity contribution in [2.75, 3.05) is 5.32 Å². The molecule has 2 aromatic heterocycles. The van der Waals surface area contributed by atoms with Crippen LogP contribution in [-0.2, 0) is 24.2 Å². The smallest absolute Gasteiger partial charge is 0.365 e. The van der Waals surface area contributed by atoms with Gasteiger partial charge in [-0.2, -0.15) is 4.68 Å². The summed E-state index contributed by atoms with van der Waals surface area (Å²) in [6, 6.07) is 0. The van der Waals surface area contributed by atoms with Crippen molar-refractivity contribution in [1.29, 1.82) is 0 Å². The molecule has 1 atom stereocenters. The molecule has 0 bridgehead atoms. The molecule has 3 rings (SSSR count). The van der Waals surface area contributed by atoms with Crippen molar-refractivity contribution in [3.05, 3.63) is 36.3 Å². The normalized spacial score (nSPS) is 16.2. The summed E-state index contributed by atoms with van der Waals surface area (Å²) >= 11 is 4.52. The van der Waals surface area contributed by atoms with Gasteiger partial charge in [0.2, 0.25) is 5.91 Å². The Bertz CT molecular complexity index is 1040. The number of hydrogen-bond acceptors (Lipinski definition) is 6. The zero-order valence-electron chi connectivity index (χ0n) is 17.2. The van der Waals surface area contributed by atoms with Crippen LogP contribution in [0, 0.1) is 28.4 Å². The number of nitrogens with one attached hydrogen (secondary N) is 1. The Morgan fingerprint density at radius 3 is 2.63 bits per heavy atom. The Morgan fingerprint density at radius 1 is 1.43 bits per heavy atom. The van der Waals surface area contributed by atoms with Crippen molar-refractivity contribution in [3.8, 4) is 0 Å². The molecule has 1 aliphatic rings. The monoisotopic (exact) mass is 497 g/mol. The fourth-order valence-electron chi connectivity index (χ4n) is 3.75. The molecule has 0 aromatic carbocycles. The minimum Gasteiger partial charge on any atom is -0.365 e. The van der Waals surface area contributed by atoms with Gasteiger partial charge in [-0.15, -0.1) is 11.3 Å². The topological polar surface area (TPSA) is 133 Å². The van der Waals surface area contributed by atoms with Crippen LogP contribution in [0.3, 0.4) is 0 Å². The fraction of sp³-hybridized carbons (Fsp3) is 0.526. The van der Waals surface area contributed by atoms with Crippen molar-refractivity contribution in [2.24, 2.45) is 17.1 Å². The minimum absolute atomic E-state index is 0.150. The van der Waals surface area contributed by atoms with Gasteiger partial charge in [-0.3, -0.25) is 9.59 Å². The summed E-state index contributed by atoms with van der Waals surface area (Å²) in [5.41, 5.74) is 7.55. The molecule has 0 saturated heterocycles. The number of nitro groups is 1. The zero-order valence-corrected chi connectivity index (χ0v) is 19.6. The average Bonchev–Trinajstić information content (AvgIpc) is 3.12. The number of amides is 2. The second kappa shape index (κ2) is 8.10. The van der Waals surface area contributed by atoms with Crippen LogP contribution < -0.4 is 11.1 Å². The maximum Gasteiger partial charge on any atom is 0.404 e. The molecule has 11 heteroatoms. The zero-order chi connectivity index (χ0) is 22.4. The van der Waals surface area contributed by atoms with Crippen LogP contribution >= 0.6 is 27.3 Å². The van der Waals surface area contributed by atoms with Crippen molar-refractivity contribution in [1.82, 2.24) is 9.78 Å². The number of aromatic nitrogens is 2. The molecule has 0 fully saturated rings. The predicted molar refractivity (Wildman–Crippen MR) is 118 cm³/mol. The van der Waals surface area contributed by atoms with Gasteiger partial charge in [0.05, 0.1) is 16.4 Å². The molecule has 0 saturated carbocycles. The maximum atomic E-state index is 12.6. The number of halogens is 1. The van der Waals surface area contributed by atoms with Gasteiger partial charge in [-0.05, 0) is 63.9 Å². The highest BCUT2D eigenvalue weighted by Crippen LogP contribution is 2.44. The third-order valence-corrected chi connectivity index (χ3v) is 7.67. The number of thiophene rings is 1. The first-order valence-electron chi connectivity index (χ1n) is 9.51. The first-order valence-corrected chi connectivity index (χ1v) is 11.1. The second-order valence-electron chi connectivity index (χ2n) is 8.56. The highest BCUT2D eigenvalue weighted by Gasteiger charge is 2.34. The van der Waals surface area contributed by atoms with E-state index in [9.17, 15) is 19.7 Å². The predicted octanol–water partition coefficient (Wildman–Crippen LogP) is 3.81. The molecule has 30 heavy (non-hydrogen) atoms. The van der Waals surface area contributed by atoms with Gasteiger partial charge in [-0.25, -0.2) is 0 Å². The van der Waals surface area contributed by atoms with Crippen LogP contribution in [0.1, 0.15) is 53.7 Å². The molecule has 0 unspecified atom stereocenters. The lowest BCUT2D eigenvalue weighted by molar-refractivity contribution is -0.390. The third-order valence-electron chi connectivity index (χ3n) is 5.57. The number of nitrogens with zero attached hydrogens (tertiary/aromatic N) is 3. The Labute approximate surface area is 186 Å². The number of carbonyl (C=O) groups excluding carboxylic acids is 2. The molecule has 3 N–H and O–H groups in total. The van der Waals surface area contributed by atoms with E-state index in [1.165, 1.54) is 16.0 Å². The van der Waals surface area contributed by atoms with Crippen LogP contribution in [0.5, 0.6) is 0 Å². The molecule has 162 valence electrons. The van der Waals surface area contributed by atoms with Crippen molar-refractivity contribution in [3.63, 3.8) is 0 Å². The number of carbonyl (C=O) groups is 2. The number of rotatable bonds is 5. The molecular formula is C19H24BrN5O4S.